The Morgan fingerprint density at radius 2 is 1.09 bits per heavy atom. The molecule has 3 atom stereocenters. The Hall–Kier alpha value is -1.89. The molecule has 0 bridgehead atoms. The van der Waals surface area contributed by atoms with Crippen LogP contribution in [0.1, 0.15) is 111 Å². The van der Waals surface area contributed by atoms with E-state index in [0.29, 0.717) is 6.42 Å². The molecule has 0 saturated heterocycles. The molecule has 0 fully saturated rings. The number of allylic oxidation sites excluding steroid dienone is 2. The first kappa shape index (κ1) is 31.1. The van der Waals surface area contributed by atoms with Crippen LogP contribution in [-0.4, -0.2) is 57.3 Å². The van der Waals surface area contributed by atoms with Crippen molar-refractivity contribution in [3.8, 4) is 0 Å². The van der Waals surface area contributed by atoms with Crippen LogP contribution in [0.25, 0.3) is 0 Å². The molecule has 0 aromatic heterocycles. The summed E-state index contributed by atoms with van der Waals surface area (Å²) in [6, 6.07) is -3.58. The van der Waals surface area contributed by atoms with Gasteiger partial charge in [-0.2, -0.15) is 0 Å². The molecule has 0 aromatic carbocycles. The molecule has 0 aliphatic carbocycles. The van der Waals surface area contributed by atoms with Gasteiger partial charge in [0.05, 0.1) is 12.5 Å². The molecular formula is C26H47NO6. The van der Waals surface area contributed by atoms with E-state index in [1.807, 2.05) is 0 Å². The second kappa shape index (κ2) is 17.6. The maximum atomic E-state index is 11.7. The van der Waals surface area contributed by atoms with E-state index in [4.69, 9.17) is 0 Å². The largest absolute Gasteiger partial charge is 0.544 e. The third kappa shape index (κ3) is 11.2. The SMILES string of the molecule is CCCCCCCCCC/C=C/CCCCC[N+](C(C)C(=O)[O-])(C(C)C(=O)O)C(C)C(=O)O. The van der Waals surface area contributed by atoms with Crippen molar-refractivity contribution in [3.63, 3.8) is 0 Å². The van der Waals surface area contributed by atoms with E-state index >= 15 is 0 Å². The zero-order valence-electron chi connectivity index (χ0n) is 21.3. The molecule has 2 N–H and O–H groups in total. The second-order valence-electron chi connectivity index (χ2n) is 9.33. The summed E-state index contributed by atoms with van der Waals surface area (Å²) >= 11 is 0. The Bertz CT molecular complexity index is 553. The lowest BCUT2D eigenvalue weighted by Crippen LogP contribution is -2.72. The number of carboxylic acid groups (broad SMARTS) is 3. The van der Waals surface area contributed by atoms with Crippen LogP contribution in [0.4, 0.5) is 0 Å². The van der Waals surface area contributed by atoms with Gasteiger partial charge in [-0.05, 0) is 59.3 Å². The quantitative estimate of drug-likeness (QED) is 0.145. The first-order valence-electron chi connectivity index (χ1n) is 12.8. The molecule has 0 rings (SSSR count). The molecule has 33 heavy (non-hydrogen) atoms. The fourth-order valence-corrected chi connectivity index (χ4v) is 4.65. The highest BCUT2D eigenvalue weighted by Gasteiger charge is 2.50. The molecule has 7 nitrogen and oxygen atoms in total. The number of hydrogen-bond acceptors (Lipinski definition) is 4. The predicted octanol–water partition coefficient (Wildman–Crippen LogP) is 4.54. The molecule has 0 aliphatic heterocycles. The summed E-state index contributed by atoms with van der Waals surface area (Å²) in [5.74, 6) is -3.85. The zero-order chi connectivity index (χ0) is 25.3. The van der Waals surface area contributed by atoms with Crippen molar-refractivity contribution >= 4 is 17.9 Å². The molecule has 3 unspecified atom stereocenters. The van der Waals surface area contributed by atoms with Crippen LogP contribution in [-0.2, 0) is 14.4 Å². The van der Waals surface area contributed by atoms with Crippen LogP contribution in [0, 0.1) is 0 Å². The fourth-order valence-electron chi connectivity index (χ4n) is 4.65. The van der Waals surface area contributed by atoms with Crippen LogP contribution in [0.3, 0.4) is 0 Å². The van der Waals surface area contributed by atoms with Crippen LogP contribution in [0.5, 0.6) is 0 Å². The number of carboxylic acids is 3. The van der Waals surface area contributed by atoms with Crippen LogP contribution < -0.4 is 5.11 Å². The molecule has 0 spiro atoms. The van der Waals surface area contributed by atoms with Crippen LogP contribution >= 0.6 is 0 Å². The molecule has 0 saturated carbocycles. The highest BCUT2D eigenvalue weighted by atomic mass is 16.4. The molecule has 192 valence electrons. The number of carbonyl (C=O) groups is 3. The van der Waals surface area contributed by atoms with Gasteiger partial charge in [-0.15, -0.1) is 0 Å². The molecule has 0 radical (unpaired) electrons. The van der Waals surface area contributed by atoms with E-state index < -0.39 is 40.5 Å². The topological polar surface area (TPSA) is 115 Å². The molecule has 0 aliphatic rings. The van der Waals surface area contributed by atoms with Gasteiger partial charge in [0.2, 0.25) is 0 Å². The third-order valence-corrected chi connectivity index (χ3v) is 7.03. The Labute approximate surface area is 200 Å². The number of carbonyl (C=O) groups excluding carboxylic acids is 1. The fraction of sp³-hybridized carbons (Fsp3) is 0.808. The van der Waals surface area contributed by atoms with Crippen molar-refractivity contribution in [2.75, 3.05) is 6.54 Å². The van der Waals surface area contributed by atoms with E-state index in [0.717, 1.165) is 25.7 Å². The minimum atomic E-state index is -1.43. The summed E-state index contributed by atoms with van der Waals surface area (Å²) in [5.41, 5.74) is 0. The summed E-state index contributed by atoms with van der Waals surface area (Å²) in [6.45, 7) is 6.51. The second-order valence-corrected chi connectivity index (χ2v) is 9.33. The molecule has 7 heteroatoms. The minimum Gasteiger partial charge on any atom is -0.544 e. The zero-order valence-corrected chi connectivity index (χ0v) is 21.3. The number of quaternary nitrogens is 1. The van der Waals surface area contributed by atoms with Crippen molar-refractivity contribution in [3.05, 3.63) is 12.2 Å². The number of rotatable bonds is 21. The van der Waals surface area contributed by atoms with Crippen LogP contribution in [0.15, 0.2) is 12.2 Å². The van der Waals surface area contributed by atoms with Gasteiger partial charge in [-0.3, -0.25) is 4.48 Å². The summed E-state index contributed by atoms with van der Waals surface area (Å²) in [4.78, 5) is 35.1. The van der Waals surface area contributed by atoms with E-state index in [1.54, 1.807) is 0 Å². The number of aliphatic carboxylic acids is 3. The smallest absolute Gasteiger partial charge is 0.362 e. The van der Waals surface area contributed by atoms with Gasteiger partial charge in [0.15, 0.2) is 12.1 Å². The first-order valence-corrected chi connectivity index (χ1v) is 12.8. The average molecular weight is 470 g/mol. The highest BCUT2D eigenvalue weighted by molar-refractivity contribution is 5.76. The normalized spacial score (nSPS) is 16.2. The Kier molecular flexibility index (Phi) is 16.6. The van der Waals surface area contributed by atoms with Gasteiger partial charge >= 0.3 is 11.9 Å². The maximum Gasteiger partial charge on any atom is 0.362 e. The summed E-state index contributed by atoms with van der Waals surface area (Å²) in [6.07, 6.45) is 19.1. The molecule has 0 heterocycles. The van der Waals surface area contributed by atoms with Crippen molar-refractivity contribution < 1.29 is 34.2 Å². The lowest BCUT2D eigenvalue weighted by molar-refractivity contribution is -0.969. The van der Waals surface area contributed by atoms with Crippen molar-refractivity contribution in [2.24, 2.45) is 0 Å². The van der Waals surface area contributed by atoms with Gasteiger partial charge in [-0.1, -0.05) is 64.0 Å². The van der Waals surface area contributed by atoms with E-state index in [2.05, 4.69) is 19.1 Å². The Balaban J connectivity index is 4.49. The van der Waals surface area contributed by atoms with Gasteiger partial charge in [0.1, 0.15) is 6.04 Å². The summed E-state index contributed by atoms with van der Waals surface area (Å²) in [7, 11) is 0. The average Bonchev–Trinajstić information content (AvgIpc) is 2.77. The monoisotopic (exact) mass is 469 g/mol. The van der Waals surface area contributed by atoms with Gasteiger partial charge < -0.3 is 20.1 Å². The van der Waals surface area contributed by atoms with Gasteiger partial charge in [-0.25, -0.2) is 9.59 Å². The lowest BCUT2D eigenvalue weighted by Gasteiger charge is -2.49. The van der Waals surface area contributed by atoms with E-state index in [9.17, 15) is 29.7 Å². The lowest BCUT2D eigenvalue weighted by atomic mass is 10.00. The Morgan fingerprint density at radius 1 is 0.697 bits per heavy atom. The van der Waals surface area contributed by atoms with E-state index in [-0.39, 0.29) is 6.54 Å². The van der Waals surface area contributed by atoms with Crippen molar-refractivity contribution in [1.29, 1.82) is 0 Å². The summed E-state index contributed by atoms with van der Waals surface area (Å²) in [5, 5.41) is 30.8. The minimum absolute atomic E-state index is 0.165. The number of unbranched alkanes of at least 4 members (excludes halogenated alkanes) is 11. The van der Waals surface area contributed by atoms with Crippen molar-refractivity contribution in [1.82, 2.24) is 0 Å². The van der Waals surface area contributed by atoms with E-state index in [1.165, 1.54) is 72.1 Å². The number of hydrogen-bond donors (Lipinski definition) is 2. The van der Waals surface area contributed by atoms with Crippen LogP contribution in [0.2, 0.25) is 0 Å². The molecule has 0 amide bonds. The first-order chi connectivity index (χ1) is 15.6. The Morgan fingerprint density at radius 3 is 1.48 bits per heavy atom. The predicted molar refractivity (Wildman–Crippen MR) is 129 cm³/mol. The molecule has 0 aromatic rings. The molecular weight excluding hydrogens is 422 g/mol. The summed E-state index contributed by atoms with van der Waals surface area (Å²) < 4.78 is -0.554. The van der Waals surface area contributed by atoms with Crippen molar-refractivity contribution in [2.45, 2.75) is 129 Å². The van der Waals surface area contributed by atoms with Gasteiger partial charge in [0, 0.05) is 0 Å². The standard InChI is InChI=1S/C26H47NO6/c1-5-6-7-8-9-10-11-12-13-14-15-16-17-18-19-20-27(21(2)24(28)29,22(3)25(30)31)23(4)26(32)33/h14-15,21-23H,5-13,16-20H2,1-4H3,(H2-,28,29,30,31,32,33)/b15-14+. The third-order valence-electron chi connectivity index (χ3n) is 7.03. The van der Waals surface area contributed by atoms with Gasteiger partial charge in [0.25, 0.3) is 0 Å². The maximum absolute atomic E-state index is 11.7. The number of nitrogens with zero attached hydrogens (tertiary/aromatic N) is 1. The highest BCUT2D eigenvalue weighted by Crippen LogP contribution is 2.27.